The van der Waals surface area contributed by atoms with Crippen molar-refractivity contribution in [3.8, 4) is 12.3 Å². The molecule has 0 bridgehead atoms. The van der Waals surface area contributed by atoms with E-state index in [1.54, 1.807) is 0 Å². The van der Waals surface area contributed by atoms with E-state index in [1.165, 1.54) is 32.9 Å². The lowest BCUT2D eigenvalue weighted by Crippen LogP contribution is -2.48. The molecule has 0 spiro atoms. The molecule has 6 aromatic rings. The van der Waals surface area contributed by atoms with Crippen molar-refractivity contribution < 1.29 is 4.74 Å². The molecule has 2 unspecified atom stereocenters. The molecule has 0 amide bonds. The second-order valence-electron chi connectivity index (χ2n) is 11.6. The molecule has 2 atom stereocenters. The van der Waals surface area contributed by atoms with Gasteiger partial charge in [-0.3, -0.25) is 0 Å². The van der Waals surface area contributed by atoms with Gasteiger partial charge in [-0.2, -0.15) is 0 Å². The molecule has 7 rings (SSSR count). The van der Waals surface area contributed by atoms with Crippen LogP contribution in [-0.4, -0.2) is 0 Å². The maximum Gasteiger partial charge on any atom is 0.159 e. The summed E-state index contributed by atoms with van der Waals surface area (Å²) < 4.78 is 7.56. The second-order valence-corrected chi connectivity index (χ2v) is 11.6. The Bertz CT molecular complexity index is 2040. The van der Waals surface area contributed by atoms with E-state index in [-0.39, 0.29) is 0 Å². The first-order valence-corrected chi connectivity index (χ1v) is 15.2. The highest BCUT2D eigenvalue weighted by Crippen LogP contribution is 2.63. The molecule has 0 fully saturated rings. The number of rotatable bonds is 8. The number of fused-ring (bicyclic) bond motifs is 2. The molecule has 1 heterocycles. The van der Waals surface area contributed by atoms with Gasteiger partial charge in [0, 0.05) is 5.56 Å². The van der Waals surface area contributed by atoms with Gasteiger partial charge in [0.05, 0.1) is 11.8 Å². The van der Waals surface area contributed by atoms with Crippen molar-refractivity contribution in [2.75, 3.05) is 0 Å². The van der Waals surface area contributed by atoms with Gasteiger partial charge in [0.25, 0.3) is 0 Å². The lowest BCUT2D eigenvalue weighted by atomic mass is 9.57. The van der Waals surface area contributed by atoms with Crippen LogP contribution in [0, 0.1) is 12.3 Å². The number of benzene rings is 6. The van der Waals surface area contributed by atoms with Crippen LogP contribution in [0.25, 0.3) is 27.3 Å². The molecule has 0 saturated carbocycles. The van der Waals surface area contributed by atoms with Crippen molar-refractivity contribution in [2.24, 2.45) is 0 Å². The van der Waals surface area contributed by atoms with Crippen LogP contribution < -0.4 is 0 Å². The first-order chi connectivity index (χ1) is 21.7. The minimum Gasteiger partial charge on any atom is -0.480 e. The predicted molar refractivity (Wildman–Crippen MR) is 184 cm³/mol. The van der Waals surface area contributed by atoms with Crippen LogP contribution in [0.1, 0.15) is 35.1 Å². The van der Waals surface area contributed by atoms with Crippen LogP contribution in [0.2, 0.25) is 0 Å². The highest BCUT2D eigenvalue weighted by molar-refractivity contribution is 5.90. The SMILES string of the molecule is C#CCC1(c2ccc3ccccc3c2)OC(c2ccccc2)=C(Cc2ccccc2)C1(CC=C)c1cccc2ccccc12. The van der Waals surface area contributed by atoms with Crippen LogP contribution >= 0.6 is 0 Å². The molecule has 1 aliphatic heterocycles. The quantitative estimate of drug-likeness (QED) is 0.132. The van der Waals surface area contributed by atoms with Gasteiger partial charge in [-0.25, -0.2) is 0 Å². The topological polar surface area (TPSA) is 9.23 Å². The van der Waals surface area contributed by atoms with Crippen LogP contribution in [0.15, 0.2) is 164 Å². The summed E-state index contributed by atoms with van der Waals surface area (Å²) in [7, 11) is 0. The Morgan fingerprint density at radius 3 is 2.09 bits per heavy atom. The Labute approximate surface area is 260 Å². The lowest BCUT2D eigenvalue weighted by Gasteiger charge is -2.46. The molecule has 0 saturated heterocycles. The lowest BCUT2D eigenvalue weighted by molar-refractivity contribution is 0.00165. The first-order valence-electron chi connectivity index (χ1n) is 15.2. The third-order valence-electron chi connectivity index (χ3n) is 9.28. The normalized spacial score (nSPS) is 19.5. The number of ether oxygens (including phenoxy) is 1. The van der Waals surface area contributed by atoms with E-state index in [1.807, 2.05) is 0 Å². The standard InChI is InChI=1S/C43H34O/c1-3-28-42(39-25-15-23-34-19-13-14-24-38(34)39)40(30-32-16-7-5-8-17-32)41(35-20-9-6-10-21-35)44-43(42,29-4-2)37-27-26-33-18-11-12-22-36(33)31-37/h2-3,5-27,31H,1,28-30H2. The number of terminal acetylenes is 1. The van der Waals surface area contributed by atoms with Crippen LogP contribution in [0.3, 0.4) is 0 Å². The summed E-state index contributed by atoms with van der Waals surface area (Å²) >= 11 is 0. The van der Waals surface area contributed by atoms with Crippen LogP contribution in [0.5, 0.6) is 0 Å². The van der Waals surface area contributed by atoms with E-state index in [0.717, 1.165) is 22.3 Å². The van der Waals surface area contributed by atoms with Gasteiger partial charge >= 0.3 is 0 Å². The highest BCUT2D eigenvalue weighted by Gasteiger charge is 2.62. The van der Waals surface area contributed by atoms with Crippen molar-refractivity contribution in [1.29, 1.82) is 0 Å². The summed E-state index contributed by atoms with van der Waals surface area (Å²) in [6.45, 7) is 4.35. The van der Waals surface area contributed by atoms with Crippen LogP contribution in [0.4, 0.5) is 0 Å². The Balaban J connectivity index is 1.64. The zero-order valence-corrected chi connectivity index (χ0v) is 24.7. The van der Waals surface area contributed by atoms with E-state index in [9.17, 15) is 0 Å². The average molecular weight is 567 g/mol. The van der Waals surface area contributed by atoms with Gasteiger partial charge in [0.2, 0.25) is 0 Å². The summed E-state index contributed by atoms with van der Waals surface area (Å²) in [6, 6.07) is 51.7. The monoisotopic (exact) mass is 566 g/mol. The first kappa shape index (κ1) is 27.5. The largest absolute Gasteiger partial charge is 0.480 e. The molecule has 0 aliphatic carbocycles. The Morgan fingerprint density at radius 2 is 1.34 bits per heavy atom. The van der Waals surface area contributed by atoms with Gasteiger partial charge < -0.3 is 4.74 Å². The summed E-state index contributed by atoms with van der Waals surface area (Å²) in [4.78, 5) is 0. The van der Waals surface area contributed by atoms with Gasteiger partial charge in [-0.1, -0.05) is 146 Å². The molecule has 1 aliphatic rings. The minimum atomic E-state index is -0.903. The number of allylic oxidation sites excluding steroid dienone is 1. The molecular formula is C43H34O. The zero-order chi connectivity index (χ0) is 30.0. The maximum absolute atomic E-state index is 7.56. The molecular weight excluding hydrogens is 532 g/mol. The summed E-state index contributed by atoms with van der Waals surface area (Å²) in [6.07, 6.45) is 10.2. The summed E-state index contributed by atoms with van der Waals surface area (Å²) in [5.74, 6) is 3.99. The van der Waals surface area contributed by atoms with Crippen molar-refractivity contribution in [3.63, 3.8) is 0 Å². The average Bonchev–Trinajstić information content (AvgIpc) is 3.35. The van der Waals surface area contributed by atoms with Crippen molar-refractivity contribution in [1.82, 2.24) is 0 Å². The maximum atomic E-state index is 7.56. The summed E-state index contributed by atoms with van der Waals surface area (Å²) in [5.41, 5.74) is 4.20. The number of hydrogen-bond acceptors (Lipinski definition) is 1. The van der Waals surface area contributed by atoms with E-state index in [0.29, 0.717) is 19.3 Å². The smallest absolute Gasteiger partial charge is 0.159 e. The van der Waals surface area contributed by atoms with E-state index >= 15 is 0 Å². The van der Waals surface area contributed by atoms with Gasteiger partial charge in [-0.05, 0) is 62.7 Å². The van der Waals surface area contributed by atoms with E-state index < -0.39 is 11.0 Å². The Morgan fingerprint density at radius 1 is 0.682 bits per heavy atom. The fourth-order valence-electron chi connectivity index (χ4n) is 7.39. The predicted octanol–water partition coefficient (Wildman–Crippen LogP) is 10.4. The molecule has 44 heavy (non-hydrogen) atoms. The number of hydrogen-bond donors (Lipinski definition) is 0. The summed E-state index contributed by atoms with van der Waals surface area (Å²) in [5, 5.41) is 4.73. The van der Waals surface area contributed by atoms with Gasteiger partial charge in [0.1, 0.15) is 5.76 Å². The fraction of sp³-hybridized carbons (Fsp3) is 0.116. The van der Waals surface area contributed by atoms with Crippen molar-refractivity contribution in [3.05, 3.63) is 186 Å². The molecule has 1 heteroatoms. The zero-order valence-electron chi connectivity index (χ0n) is 24.7. The third kappa shape index (κ3) is 4.34. The Kier molecular flexibility index (Phi) is 7.13. The van der Waals surface area contributed by atoms with E-state index in [4.69, 9.17) is 11.2 Å². The van der Waals surface area contributed by atoms with E-state index in [2.05, 4.69) is 164 Å². The van der Waals surface area contributed by atoms with Gasteiger partial charge in [-0.15, -0.1) is 18.9 Å². The highest BCUT2D eigenvalue weighted by atomic mass is 16.5. The molecule has 0 aromatic heterocycles. The molecule has 0 N–H and O–H groups in total. The Hall–Kier alpha value is -5.32. The molecule has 212 valence electrons. The molecule has 6 aromatic carbocycles. The minimum absolute atomic E-state index is 0.386. The van der Waals surface area contributed by atoms with Crippen molar-refractivity contribution >= 4 is 27.3 Å². The second kappa shape index (κ2) is 11.4. The van der Waals surface area contributed by atoms with Gasteiger partial charge in [0.15, 0.2) is 5.60 Å². The third-order valence-corrected chi connectivity index (χ3v) is 9.28. The fourth-order valence-corrected chi connectivity index (χ4v) is 7.39. The van der Waals surface area contributed by atoms with Crippen LogP contribution in [-0.2, 0) is 22.2 Å². The molecule has 1 nitrogen and oxygen atoms in total. The molecule has 0 radical (unpaired) electrons. The van der Waals surface area contributed by atoms with Crippen molar-refractivity contribution in [2.45, 2.75) is 30.3 Å².